The molecule has 27 heavy (non-hydrogen) atoms. The Hall–Kier alpha value is -2.38. The Labute approximate surface area is 159 Å². The Bertz CT molecular complexity index is 760. The number of nitrogens with zero attached hydrogens (tertiary/aromatic N) is 3. The van der Waals surface area contributed by atoms with Crippen LogP contribution in [0, 0.1) is 0 Å². The third-order valence-corrected chi connectivity index (χ3v) is 5.50. The molecule has 0 unspecified atom stereocenters. The number of amides is 1. The second kappa shape index (κ2) is 8.10. The van der Waals surface area contributed by atoms with E-state index in [-0.39, 0.29) is 5.91 Å². The first kappa shape index (κ1) is 18.0. The molecule has 1 aromatic carbocycles. The molecular weight excluding hydrogens is 344 g/mol. The number of ether oxygens (including phenoxy) is 2. The third kappa shape index (κ3) is 3.99. The van der Waals surface area contributed by atoms with Crippen LogP contribution in [0.15, 0.2) is 30.3 Å². The Morgan fingerprint density at radius 3 is 2.52 bits per heavy atom. The second-order valence-corrected chi connectivity index (χ2v) is 7.07. The molecule has 144 valence electrons. The second-order valence-electron chi connectivity index (χ2n) is 7.07. The van der Waals surface area contributed by atoms with Gasteiger partial charge in [-0.15, -0.1) is 0 Å². The molecule has 1 amide bonds. The minimum atomic E-state index is 0.0221. The van der Waals surface area contributed by atoms with Gasteiger partial charge < -0.3 is 14.4 Å². The molecule has 0 atom stereocenters. The lowest BCUT2D eigenvalue weighted by atomic mass is 10.1. The van der Waals surface area contributed by atoms with E-state index in [1.54, 1.807) is 7.11 Å². The van der Waals surface area contributed by atoms with Crippen LogP contribution in [-0.2, 0) is 4.74 Å². The highest BCUT2D eigenvalue weighted by atomic mass is 16.5. The summed E-state index contributed by atoms with van der Waals surface area (Å²) in [5.41, 5.74) is 2.26. The number of aromatic amines is 1. The van der Waals surface area contributed by atoms with Gasteiger partial charge in [-0.2, -0.15) is 5.10 Å². The minimum Gasteiger partial charge on any atom is -0.497 e. The average Bonchev–Trinajstić information content (AvgIpc) is 3.24. The molecular formula is C20H26N4O3. The SMILES string of the molecule is COc1ccc(-c2cc(C(=O)N3CCN(C4CCOCC4)CC3)[nH]n2)cc1. The van der Waals surface area contributed by atoms with E-state index in [2.05, 4.69) is 15.1 Å². The van der Waals surface area contributed by atoms with Gasteiger partial charge >= 0.3 is 0 Å². The fourth-order valence-corrected chi connectivity index (χ4v) is 3.85. The van der Waals surface area contributed by atoms with Gasteiger partial charge in [0.1, 0.15) is 11.4 Å². The first-order chi connectivity index (χ1) is 13.2. The van der Waals surface area contributed by atoms with E-state index in [1.165, 1.54) is 0 Å². The van der Waals surface area contributed by atoms with Crippen molar-refractivity contribution in [3.63, 3.8) is 0 Å². The smallest absolute Gasteiger partial charge is 0.271 e. The molecule has 2 fully saturated rings. The van der Waals surface area contributed by atoms with E-state index in [0.29, 0.717) is 11.7 Å². The number of benzene rings is 1. The molecule has 7 nitrogen and oxygen atoms in total. The van der Waals surface area contributed by atoms with Crippen molar-refractivity contribution in [1.82, 2.24) is 20.0 Å². The molecule has 2 aliphatic heterocycles. The zero-order valence-corrected chi connectivity index (χ0v) is 15.7. The van der Waals surface area contributed by atoms with Crippen LogP contribution in [0.5, 0.6) is 5.75 Å². The molecule has 1 aromatic heterocycles. The molecule has 0 saturated carbocycles. The van der Waals surface area contributed by atoms with Crippen molar-refractivity contribution in [1.29, 1.82) is 0 Å². The summed E-state index contributed by atoms with van der Waals surface area (Å²) in [5.74, 6) is 0.821. The lowest BCUT2D eigenvalue weighted by molar-refractivity contribution is 0.0136. The van der Waals surface area contributed by atoms with Crippen molar-refractivity contribution in [2.24, 2.45) is 0 Å². The standard InChI is InChI=1S/C20H26N4O3/c1-26-17-4-2-15(3-5-17)18-14-19(22-21-18)20(25)24-10-8-23(9-11-24)16-6-12-27-13-7-16/h2-5,14,16H,6-13H2,1H3,(H,21,22). The van der Waals surface area contributed by atoms with Gasteiger partial charge in [0, 0.05) is 51.0 Å². The van der Waals surface area contributed by atoms with Gasteiger partial charge in [0.05, 0.1) is 12.8 Å². The molecule has 2 saturated heterocycles. The number of hydrogen-bond donors (Lipinski definition) is 1. The third-order valence-electron chi connectivity index (χ3n) is 5.50. The largest absolute Gasteiger partial charge is 0.497 e. The zero-order chi connectivity index (χ0) is 18.6. The molecule has 0 spiro atoms. The monoisotopic (exact) mass is 370 g/mol. The highest BCUT2D eigenvalue weighted by molar-refractivity contribution is 5.93. The summed E-state index contributed by atoms with van der Waals surface area (Å²) in [6.07, 6.45) is 2.19. The van der Waals surface area contributed by atoms with E-state index in [9.17, 15) is 4.79 Å². The number of nitrogens with one attached hydrogen (secondary N) is 1. The van der Waals surface area contributed by atoms with Crippen LogP contribution in [0.4, 0.5) is 0 Å². The molecule has 0 bridgehead atoms. The van der Waals surface area contributed by atoms with Crippen LogP contribution in [0.1, 0.15) is 23.3 Å². The van der Waals surface area contributed by atoms with Gasteiger partial charge in [-0.25, -0.2) is 0 Å². The van der Waals surface area contributed by atoms with Crippen LogP contribution in [0.25, 0.3) is 11.3 Å². The number of piperazine rings is 1. The fourth-order valence-electron chi connectivity index (χ4n) is 3.85. The molecule has 0 radical (unpaired) electrons. The summed E-state index contributed by atoms with van der Waals surface area (Å²) < 4.78 is 10.6. The van der Waals surface area contributed by atoms with E-state index in [0.717, 1.165) is 69.2 Å². The van der Waals surface area contributed by atoms with Crippen LogP contribution in [-0.4, -0.2) is 78.4 Å². The Morgan fingerprint density at radius 1 is 1.15 bits per heavy atom. The van der Waals surface area contributed by atoms with Gasteiger partial charge in [0.25, 0.3) is 5.91 Å². The predicted octanol–water partition coefficient (Wildman–Crippen LogP) is 2.02. The number of aromatic nitrogens is 2. The van der Waals surface area contributed by atoms with Crippen molar-refractivity contribution >= 4 is 5.91 Å². The maximum absolute atomic E-state index is 12.8. The number of H-pyrrole nitrogens is 1. The maximum Gasteiger partial charge on any atom is 0.271 e. The lowest BCUT2D eigenvalue weighted by Crippen LogP contribution is -2.53. The highest BCUT2D eigenvalue weighted by Crippen LogP contribution is 2.22. The van der Waals surface area contributed by atoms with Gasteiger partial charge in [-0.05, 0) is 43.2 Å². The number of carbonyl (C=O) groups excluding carboxylic acids is 1. The van der Waals surface area contributed by atoms with E-state index in [4.69, 9.17) is 9.47 Å². The van der Waals surface area contributed by atoms with Gasteiger partial charge in [-0.1, -0.05) is 0 Å². The normalized spacial score (nSPS) is 19.2. The molecule has 2 aromatic rings. The molecule has 7 heteroatoms. The Kier molecular flexibility index (Phi) is 5.40. The molecule has 2 aliphatic rings. The van der Waals surface area contributed by atoms with Crippen molar-refractivity contribution < 1.29 is 14.3 Å². The van der Waals surface area contributed by atoms with Crippen LogP contribution < -0.4 is 4.74 Å². The number of carbonyl (C=O) groups is 1. The Balaban J connectivity index is 1.36. The summed E-state index contributed by atoms with van der Waals surface area (Å²) in [4.78, 5) is 17.2. The summed E-state index contributed by atoms with van der Waals surface area (Å²) in [7, 11) is 1.64. The van der Waals surface area contributed by atoms with Crippen LogP contribution >= 0.6 is 0 Å². The predicted molar refractivity (Wildman–Crippen MR) is 102 cm³/mol. The summed E-state index contributed by atoms with van der Waals surface area (Å²) in [5, 5.41) is 7.21. The highest BCUT2D eigenvalue weighted by Gasteiger charge is 2.28. The van der Waals surface area contributed by atoms with Gasteiger partial charge in [-0.3, -0.25) is 14.8 Å². The quantitative estimate of drug-likeness (QED) is 0.892. The summed E-state index contributed by atoms with van der Waals surface area (Å²) in [6, 6.07) is 10.1. The summed E-state index contributed by atoms with van der Waals surface area (Å²) in [6.45, 7) is 5.07. The number of hydrogen-bond acceptors (Lipinski definition) is 5. The van der Waals surface area contributed by atoms with Gasteiger partial charge in [0.15, 0.2) is 0 Å². The van der Waals surface area contributed by atoms with Crippen LogP contribution in [0.3, 0.4) is 0 Å². The lowest BCUT2D eigenvalue weighted by Gasteiger charge is -2.40. The number of rotatable bonds is 4. The van der Waals surface area contributed by atoms with Crippen molar-refractivity contribution in [3.8, 4) is 17.0 Å². The molecule has 4 rings (SSSR count). The van der Waals surface area contributed by atoms with Crippen molar-refractivity contribution in [2.75, 3.05) is 46.5 Å². The topological polar surface area (TPSA) is 70.7 Å². The van der Waals surface area contributed by atoms with Crippen molar-refractivity contribution in [3.05, 3.63) is 36.0 Å². The van der Waals surface area contributed by atoms with Crippen molar-refractivity contribution in [2.45, 2.75) is 18.9 Å². The first-order valence-corrected chi connectivity index (χ1v) is 9.55. The van der Waals surface area contributed by atoms with Crippen LogP contribution in [0.2, 0.25) is 0 Å². The molecule has 0 aliphatic carbocycles. The zero-order valence-electron chi connectivity index (χ0n) is 15.7. The first-order valence-electron chi connectivity index (χ1n) is 9.55. The maximum atomic E-state index is 12.8. The number of methoxy groups -OCH3 is 1. The summed E-state index contributed by atoms with van der Waals surface area (Å²) >= 11 is 0. The fraction of sp³-hybridized carbons (Fsp3) is 0.500. The minimum absolute atomic E-state index is 0.0221. The molecule has 3 heterocycles. The molecule has 1 N–H and O–H groups in total. The van der Waals surface area contributed by atoms with E-state index < -0.39 is 0 Å². The average molecular weight is 370 g/mol. The van der Waals surface area contributed by atoms with Gasteiger partial charge in [0.2, 0.25) is 0 Å². The Morgan fingerprint density at radius 2 is 1.85 bits per heavy atom. The van der Waals surface area contributed by atoms with E-state index >= 15 is 0 Å². The van der Waals surface area contributed by atoms with E-state index in [1.807, 2.05) is 35.2 Å².